The molecule has 0 atom stereocenters. The highest BCUT2D eigenvalue weighted by molar-refractivity contribution is 5.98. The van der Waals surface area contributed by atoms with Crippen LogP contribution in [0.1, 0.15) is 57.4 Å². The normalized spacial score (nSPS) is 14.0. The summed E-state index contributed by atoms with van der Waals surface area (Å²) in [5.74, 6) is -0.666. The average Bonchev–Trinajstić information content (AvgIpc) is 2.87. The topological polar surface area (TPSA) is 59.3 Å². The van der Waals surface area contributed by atoms with Crippen molar-refractivity contribution in [3.63, 3.8) is 0 Å². The molecule has 22 heavy (non-hydrogen) atoms. The third kappa shape index (κ3) is 2.56. The monoisotopic (exact) mass is 297 g/mol. The quantitative estimate of drug-likeness (QED) is 0.941. The number of Topliss-reactive ketones (excluding diaryl/α,β-unsaturated/α-hetero) is 1. The molecule has 3 rings (SSSR count). The summed E-state index contributed by atoms with van der Waals surface area (Å²) in [4.78, 5) is 23.0. The number of fused-ring (bicyclic) bond motifs is 1. The van der Waals surface area contributed by atoms with Crippen molar-refractivity contribution in [2.75, 3.05) is 0 Å². The molecule has 4 heteroatoms. The minimum Gasteiger partial charge on any atom is -0.478 e. The fourth-order valence-electron chi connectivity index (χ4n) is 3.13. The molecule has 0 spiro atoms. The second-order valence-corrected chi connectivity index (χ2v) is 5.71. The molecule has 1 heterocycles. The maximum Gasteiger partial charge on any atom is 0.335 e. The van der Waals surface area contributed by atoms with Crippen molar-refractivity contribution in [3.05, 3.63) is 58.4 Å². The molecular weight excluding hydrogens is 278 g/mol. The summed E-state index contributed by atoms with van der Waals surface area (Å²) >= 11 is 0. The molecule has 1 aliphatic carbocycles. The summed E-state index contributed by atoms with van der Waals surface area (Å²) in [6.45, 7) is 2.78. The number of hydrogen-bond donors (Lipinski definition) is 1. The van der Waals surface area contributed by atoms with E-state index in [1.807, 2.05) is 18.2 Å². The van der Waals surface area contributed by atoms with Gasteiger partial charge in [0.05, 0.1) is 5.56 Å². The summed E-state index contributed by atoms with van der Waals surface area (Å²) in [6, 6.07) is 8.98. The Morgan fingerprint density at radius 3 is 2.59 bits per heavy atom. The Labute approximate surface area is 129 Å². The third-order valence-corrected chi connectivity index (χ3v) is 4.32. The van der Waals surface area contributed by atoms with Crippen LogP contribution in [0.5, 0.6) is 0 Å². The first-order chi connectivity index (χ1) is 10.6. The van der Waals surface area contributed by atoms with Gasteiger partial charge in [-0.2, -0.15) is 0 Å². The zero-order valence-electron chi connectivity index (χ0n) is 12.6. The molecule has 114 valence electrons. The molecular formula is C18H19NO3. The van der Waals surface area contributed by atoms with Crippen molar-refractivity contribution in [2.24, 2.45) is 0 Å². The van der Waals surface area contributed by atoms with E-state index >= 15 is 0 Å². The van der Waals surface area contributed by atoms with Gasteiger partial charge in [-0.25, -0.2) is 4.79 Å². The Bertz CT molecular complexity index is 726. The number of ketones is 1. The van der Waals surface area contributed by atoms with Gasteiger partial charge < -0.3 is 9.67 Å². The SMILES string of the molecule is CCc1cc2c(n1Cc1ccc(C(=O)O)cc1)CCCC2=O. The number of aryl methyl sites for hydroxylation is 1. The lowest BCUT2D eigenvalue weighted by Crippen LogP contribution is -2.14. The highest BCUT2D eigenvalue weighted by Gasteiger charge is 2.23. The Hall–Kier alpha value is -2.36. The van der Waals surface area contributed by atoms with Gasteiger partial charge in [-0.1, -0.05) is 19.1 Å². The average molecular weight is 297 g/mol. The van der Waals surface area contributed by atoms with Crippen molar-refractivity contribution < 1.29 is 14.7 Å². The largest absolute Gasteiger partial charge is 0.478 e. The molecule has 1 N–H and O–H groups in total. The van der Waals surface area contributed by atoms with Gasteiger partial charge in [0.1, 0.15) is 0 Å². The molecule has 0 fully saturated rings. The van der Waals surface area contributed by atoms with Crippen molar-refractivity contribution in [3.8, 4) is 0 Å². The number of nitrogens with zero attached hydrogens (tertiary/aromatic N) is 1. The van der Waals surface area contributed by atoms with Crippen LogP contribution < -0.4 is 0 Å². The Balaban J connectivity index is 1.94. The van der Waals surface area contributed by atoms with E-state index in [0.717, 1.165) is 36.1 Å². The van der Waals surface area contributed by atoms with E-state index in [0.29, 0.717) is 18.5 Å². The van der Waals surface area contributed by atoms with Crippen LogP contribution in [0.15, 0.2) is 30.3 Å². The van der Waals surface area contributed by atoms with E-state index in [9.17, 15) is 9.59 Å². The van der Waals surface area contributed by atoms with Crippen molar-refractivity contribution >= 4 is 11.8 Å². The standard InChI is InChI=1S/C18H19NO3/c1-2-14-10-15-16(4-3-5-17(15)20)19(14)11-12-6-8-13(9-7-12)18(21)22/h6-10H,2-5,11H2,1H3,(H,21,22). The van der Waals surface area contributed by atoms with Gasteiger partial charge in [0.15, 0.2) is 5.78 Å². The number of carboxylic acid groups (broad SMARTS) is 1. The van der Waals surface area contributed by atoms with Crippen LogP contribution in [0.2, 0.25) is 0 Å². The molecule has 1 aromatic heterocycles. The Morgan fingerprint density at radius 1 is 1.23 bits per heavy atom. The first-order valence-corrected chi connectivity index (χ1v) is 7.67. The minimum absolute atomic E-state index is 0.246. The molecule has 2 aromatic rings. The van der Waals surface area contributed by atoms with Gasteiger partial charge in [0, 0.05) is 29.9 Å². The number of carboxylic acids is 1. The second-order valence-electron chi connectivity index (χ2n) is 5.71. The molecule has 0 amide bonds. The number of carbonyl (C=O) groups is 2. The fraction of sp³-hybridized carbons (Fsp3) is 0.333. The van der Waals surface area contributed by atoms with E-state index in [1.165, 1.54) is 5.69 Å². The smallest absolute Gasteiger partial charge is 0.335 e. The number of aromatic carboxylic acids is 1. The summed E-state index contributed by atoms with van der Waals surface area (Å²) in [6.07, 6.45) is 3.38. The third-order valence-electron chi connectivity index (χ3n) is 4.32. The fourth-order valence-corrected chi connectivity index (χ4v) is 3.13. The van der Waals surface area contributed by atoms with E-state index in [-0.39, 0.29) is 5.78 Å². The van der Waals surface area contributed by atoms with Gasteiger partial charge in [0.25, 0.3) is 0 Å². The number of aromatic nitrogens is 1. The van der Waals surface area contributed by atoms with E-state index in [4.69, 9.17) is 5.11 Å². The van der Waals surface area contributed by atoms with Crippen molar-refractivity contribution in [2.45, 2.75) is 39.2 Å². The summed E-state index contributed by atoms with van der Waals surface area (Å²) in [5.41, 5.74) is 4.53. The zero-order valence-corrected chi connectivity index (χ0v) is 12.6. The molecule has 1 aromatic carbocycles. The molecule has 0 saturated carbocycles. The lowest BCUT2D eigenvalue weighted by molar-refractivity contribution is 0.0696. The molecule has 0 saturated heterocycles. The van der Waals surface area contributed by atoms with Gasteiger partial charge in [-0.05, 0) is 43.0 Å². The van der Waals surface area contributed by atoms with Crippen LogP contribution in [-0.2, 0) is 19.4 Å². The van der Waals surface area contributed by atoms with Crippen LogP contribution in [-0.4, -0.2) is 21.4 Å². The van der Waals surface area contributed by atoms with Crippen LogP contribution in [0.4, 0.5) is 0 Å². The molecule has 0 aliphatic heterocycles. The Morgan fingerprint density at radius 2 is 1.95 bits per heavy atom. The highest BCUT2D eigenvalue weighted by Crippen LogP contribution is 2.26. The molecule has 0 unspecified atom stereocenters. The predicted octanol–water partition coefficient (Wildman–Crippen LogP) is 3.32. The first kappa shape index (κ1) is 14.6. The molecule has 4 nitrogen and oxygen atoms in total. The van der Waals surface area contributed by atoms with Gasteiger partial charge in [-0.15, -0.1) is 0 Å². The van der Waals surface area contributed by atoms with E-state index in [2.05, 4.69) is 11.5 Å². The maximum atomic E-state index is 12.1. The predicted molar refractivity (Wildman–Crippen MR) is 83.6 cm³/mol. The maximum absolute atomic E-state index is 12.1. The second kappa shape index (κ2) is 5.79. The molecule has 1 aliphatic rings. The number of carbonyl (C=O) groups excluding carboxylic acids is 1. The van der Waals surface area contributed by atoms with Crippen molar-refractivity contribution in [1.29, 1.82) is 0 Å². The highest BCUT2D eigenvalue weighted by atomic mass is 16.4. The van der Waals surface area contributed by atoms with Crippen LogP contribution >= 0.6 is 0 Å². The summed E-state index contributed by atoms with van der Waals surface area (Å²) in [7, 11) is 0. The van der Waals surface area contributed by atoms with Gasteiger partial charge >= 0.3 is 5.97 Å². The number of hydrogen-bond acceptors (Lipinski definition) is 2. The van der Waals surface area contributed by atoms with Crippen LogP contribution in [0.3, 0.4) is 0 Å². The number of benzene rings is 1. The van der Waals surface area contributed by atoms with E-state index in [1.54, 1.807) is 12.1 Å². The lowest BCUT2D eigenvalue weighted by Gasteiger charge is -2.16. The molecule has 0 radical (unpaired) electrons. The van der Waals surface area contributed by atoms with Gasteiger partial charge in [0.2, 0.25) is 0 Å². The molecule has 0 bridgehead atoms. The first-order valence-electron chi connectivity index (χ1n) is 7.67. The minimum atomic E-state index is -0.912. The summed E-state index contributed by atoms with van der Waals surface area (Å²) in [5, 5.41) is 8.96. The van der Waals surface area contributed by atoms with Crippen LogP contribution in [0, 0.1) is 0 Å². The van der Waals surface area contributed by atoms with Crippen molar-refractivity contribution in [1.82, 2.24) is 4.57 Å². The zero-order chi connectivity index (χ0) is 15.7. The number of rotatable bonds is 4. The van der Waals surface area contributed by atoms with E-state index < -0.39 is 5.97 Å². The van der Waals surface area contributed by atoms with Crippen LogP contribution in [0.25, 0.3) is 0 Å². The Kier molecular flexibility index (Phi) is 3.84. The summed E-state index contributed by atoms with van der Waals surface area (Å²) < 4.78 is 2.22. The van der Waals surface area contributed by atoms with Gasteiger partial charge in [-0.3, -0.25) is 4.79 Å². The lowest BCUT2D eigenvalue weighted by atomic mass is 9.96.